The van der Waals surface area contributed by atoms with Crippen molar-refractivity contribution in [3.63, 3.8) is 0 Å². The van der Waals surface area contributed by atoms with Crippen LogP contribution in [-0.2, 0) is 15.6 Å². The number of fused-ring (bicyclic) bond motifs is 1. The molecule has 31 heavy (non-hydrogen) atoms. The number of carbonyl (C=O) groups excluding carboxylic acids is 1. The van der Waals surface area contributed by atoms with Crippen LogP contribution in [0.4, 0.5) is 10.8 Å². The largest absolute Gasteiger partial charge is 0.462 e. The van der Waals surface area contributed by atoms with Gasteiger partial charge >= 0.3 is 5.97 Å². The molecule has 3 rings (SSSR count). The lowest BCUT2D eigenvalue weighted by molar-refractivity contribution is 0.0526. The van der Waals surface area contributed by atoms with Crippen LogP contribution in [0.2, 0.25) is 0 Å². The molecule has 1 aliphatic rings. The topological polar surface area (TPSA) is 71.9 Å². The molecule has 1 aliphatic carbocycles. The van der Waals surface area contributed by atoms with Crippen LogP contribution < -0.4 is 4.90 Å². The highest BCUT2D eigenvalue weighted by Crippen LogP contribution is 2.51. The number of rotatable bonds is 7. The van der Waals surface area contributed by atoms with Gasteiger partial charge in [-0.3, -0.25) is 0 Å². The van der Waals surface area contributed by atoms with Crippen LogP contribution in [0.25, 0.3) is 0 Å². The third-order valence-electron chi connectivity index (χ3n) is 5.97. The number of esters is 1. The van der Waals surface area contributed by atoms with Gasteiger partial charge < -0.3 is 9.64 Å². The number of thiazole rings is 1. The van der Waals surface area contributed by atoms with Gasteiger partial charge in [-0.25, -0.2) is 9.78 Å². The molecule has 0 amide bonds. The van der Waals surface area contributed by atoms with Gasteiger partial charge in [0.15, 0.2) is 5.13 Å². The first kappa shape index (κ1) is 23.4. The minimum Gasteiger partial charge on any atom is -0.462 e. The number of nitroso groups, excluding NO2 is 1. The molecule has 2 aromatic rings. The molecule has 6 nitrogen and oxygen atoms in total. The van der Waals surface area contributed by atoms with Gasteiger partial charge in [-0.05, 0) is 43.5 Å². The quantitative estimate of drug-likeness (QED) is 0.376. The molecule has 7 heteroatoms. The van der Waals surface area contributed by atoms with Crippen molar-refractivity contribution < 1.29 is 9.53 Å². The summed E-state index contributed by atoms with van der Waals surface area (Å²) in [6.07, 6.45) is 0.719. The van der Waals surface area contributed by atoms with Crippen molar-refractivity contribution in [3.05, 3.63) is 45.3 Å². The van der Waals surface area contributed by atoms with Gasteiger partial charge in [0.2, 0.25) is 0 Å². The molecule has 1 aromatic carbocycles. The highest BCUT2D eigenvalue weighted by Gasteiger charge is 2.48. The van der Waals surface area contributed by atoms with Crippen LogP contribution in [0.5, 0.6) is 0 Å². The molecule has 0 N–H and O–H groups in total. The highest BCUT2D eigenvalue weighted by molar-refractivity contribution is 7.16. The van der Waals surface area contributed by atoms with Crippen molar-refractivity contribution in [2.45, 2.75) is 71.8 Å². The summed E-state index contributed by atoms with van der Waals surface area (Å²) in [6, 6.07) is 7.19. The van der Waals surface area contributed by atoms with Crippen LogP contribution in [-0.4, -0.2) is 30.1 Å². The summed E-state index contributed by atoms with van der Waals surface area (Å²) in [5.74, 6) is 0.0983. The summed E-state index contributed by atoms with van der Waals surface area (Å²) >= 11 is 1.70. The first-order valence-corrected chi connectivity index (χ1v) is 11.7. The van der Waals surface area contributed by atoms with E-state index in [0.29, 0.717) is 18.1 Å². The summed E-state index contributed by atoms with van der Waals surface area (Å²) in [6.45, 7) is 15.8. The van der Waals surface area contributed by atoms with Crippen molar-refractivity contribution >= 4 is 28.1 Å². The number of hydrogen-bond donors (Lipinski definition) is 0. The number of benzene rings is 1. The van der Waals surface area contributed by atoms with E-state index in [1.165, 1.54) is 4.88 Å². The average molecular weight is 444 g/mol. The average Bonchev–Trinajstić information content (AvgIpc) is 3.17. The predicted molar refractivity (Wildman–Crippen MR) is 127 cm³/mol. The second-order valence-electron chi connectivity index (χ2n) is 9.88. The lowest BCUT2D eigenvalue weighted by Crippen LogP contribution is -2.43. The Kier molecular flexibility index (Phi) is 6.56. The monoisotopic (exact) mass is 443 g/mol. The van der Waals surface area contributed by atoms with E-state index >= 15 is 0 Å². The number of nitrogens with zero attached hydrogens (tertiary/aromatic N) is 3. The van der Waals surface area contributed by atoms with Crippen LogP contribution in [0, 0.1) is 10.8 Å². The standard InChI is InChI=1S/C24H33N3O3S/c1-8-30-21(28)16-9-11-17(12-10-16)27(14-15(2)3)22-25-19-20(31-22)23(4,5)13-18(26-29)24(19,6)7/h9-12,15,18H,8,13-14H2,1-7H3. The lowest BCUT2D eigenvalue weighted by atomic mass is 9.66. The smallest absolute Gasteiger partial charge is 0.338 e. The summed E-state index contributed by atoms with van der Waals surface area (Å²) in [5.41, 5.74) is 1.93. The van der Waals surface area contributed by atoms with Gasteiger partial charge in [-0.1, -0.05) is 46.7 Å². The summed E-state index contributed by atoms with van der Waals surface area (Å²) < 4.78 is 5.10. The van der Waals surface area contributed by atoms with Gasteiger partial charge in [0.25, 0.3) is 0 Å². The molecule has 0 aliphatic heterocycles. The fraction of sp³-hybridized carbons (Fsp3) is 0.583. The van der Waals surface area contributed by atoms with Crippen LogP contribution in [0.15, 0.2) is 29.4 Å². The Morgan fingerprint density at radius 1 is 1.26 bits per heavy atom. The predicted octanol–water partition coefficient (Wildman–Crippen LogP) is 6.21. The van der Waals surface area contributed by atoms with E-state index in [4.69, 9.17) is 9.72 Å². The maximum atomic E-state index is 12.0. The van der Waals surface area contributed by atoms with E-state index in [2.05, 4.69) is 51.6 Å². The fourth-order valence-corrected chi connectivity index (χ4v) is 5.50. The molecule has 0 saturated carbocycles. The van der Waals surface area contributed by atoms with Crippen molar-refractivity contribution in [1.82, 2.24) is 4.98 Å². The SMILES string of the molecule is CCOC(=O)c1ccc(N(CC(C)C)c2nc3c(s2)C(C)(C)CC(N=O)C3(C)C)cc1. The Labute approximate surface area is 189 Å². The number of carbonyl (C=O) groups is 1. The molecule has 0 fully saturated rings. The molecule has 1 aromatic heterocycles. The van der Waals surface area contributed by atoms with Gasteiger partial charge in [-0.2, -0.15) is 4.91 Å². The number of aromatic nitrogens is 1. The van der Waals surface area contributed by atoms with E-state index < -0.39 is 5.41 Å². The van der Waals surface area contributed by atoms with E-state index in [9.17, 15) is 9.70 Å². The zero-order chi connectivity index (χ0) is 23.0. The molecule has 168 valence electrons. The van der Waals surface area contributed by atoms with E-state index in [1.54, 1.807) is 30.4 Å². The molecular weight excluding hydrogens is 410 g/mol. The molecule has 1 heterocycles. The second kappa shape index (κ2) is 8.69. The Bertz CT molecular complexity index is 947. The molecular formula is C24H33N3O3S. The minimum atomic E-state index is -0.404. The van der Waals surface area contributed by atoms with Crippen LogP contribution in [0.1, 0.15) is 75.8 Å². The van der Waals surface area contributed by atoms with Crippen LogP contribution >= 0.6 is 11.3 Å². The Hall–Kier alpha value is -2.28. The van der Waals surface area contributed by atoms with E-state index in [-0.39, 0.29) is 17.4 Å². The second-order valence-corrected chi connectivity index (χ2v) is 10.9. The molecule has 0 spiro atoms. The van der Waals surface area contributed by atoms with Crippen molar-refractivity contribution in [1.29, 1.82) is 0 Å². The van der Waals surface area contributed by atoms with Gasteiger partial charge in [-0.15, -0.1) is 11.3 Å². The fourth-order valence-electron chi connectivity index (χ4n) is 4.13. The summed E-state index contributed by atoms with van der Waals surface area (Å²) in [4.78, 5) is 32.1. The first-order valence-electron chi connectivity index (χ1n) is 10.9. The summed E-state index contributed by atoms with van der Waals surface area (Å²) in [7, 11) is 0. The zero-order valence-electron chi connectivity index (χ0n) is 19.6. The van der Waals surface area contributed by atoms with Crippen LogP contribution in [0.3, 0.4) is 0 Å². The number of anilines is 2. The molecule has 1 atom stereocenters. The van der Waals surface area contributed by atoms with Crippen molar-refractivity contribution in [2.75, 3.05) is 18.1 Å². The Morgan fingerprint density at radius 2 is 1.90 bits per heavy atom. The van der Waals surface area contributed by atoms with Gasteiger partial charge in [0, 0.05) is 27.9 Å². The Balaban J connectivity index is 2.04. The number of hydrogen-bond acceptors (Lipinski definition) is 7. The lowest BCUT2D eigenvalue weighted by Gasteiger charge is -2.41. The third-order valence-corrected chi connectivity index (χ3v) is 7.42. The molecule has 0 bridgehead atoms. The highest BCUT2D eigenvalue weighted by atomic mass is 32.1. The molecule has 1 unspecified atom stereocenters. The van der Waals surface area contributed by atoms with Crippen molar-refractivity contribution in [2.24, 2.45) is 11.1 Å². The molecule has 0 radical (unpaired) electrons. The minimum absolute atomic E-state index is 0.156. The van der Waals surface area contributed by atoms with Gasteiger partial charge in [0.1, 0.15) is 6.04 Å². The maximum absolute atomic E-state index is 12.0. The molecule has 0 saturated heterocycles. The van der Waals surface area contributed by atoms with Crippen molar-refractivity contribution in [3.8, 4) is 0 Å². The first-order chi connectivity index (χ1) is 14.5. The summed E-state index contributed by atoms with van der Waals surface area (Å²) in [5, 5.41) is 4.37. The third kappa shape index (κ3) is 4.52. The Morgan fingerprint density at radius 3 is 2.45 bits per heavy atom. The zero-order valence-corrected chi connectivity index (χ0v) is 20.4. The normalized spacial score (nSPS) is 19.0. The van der Waals surface area contributed by atoms with Gasteiger partial charge in [0.05, 0.1) is 17.9 Å². The van der Waals surface area contributed by atoms with E-state index in [0.717, 1.165) is 29.5 Å². The van der Waals surface area contributed by atoms with E-state index in [1.807, 2.05) is 12.1 Å². The maximum Gasteiger partial charge on any atom is 0.338 e. The number of ether oxygens (including phenoxy) is 1.